The van der Waals surface area contributed by atoms with E-state index >= 15 is 0 Å². The second-order valence-corrected chi connectivity index (χ2v) is 3.28. The maximum Gasteiger partial charge on any atom is 0.418 e. The fraction of sp³-hybridized carbons (Fsp3) is 0.250. The van der Waals surface area contributed by atoms with Gasteiger partial charge in [0.05, 0.1) is 0 Å². The van der Waals surface area contributed by atoms with Crippen molar-refractivity contribution in [2.75, 3.05) is 7.05 Å². The Kier molecular flexibility index (Phi) is 3.92. The van der Waals surface area contributed by atoms with Crippen molar-refractivity contribution in [2.24, 2.45) is 0 Å². The summed E-state index contributed by atoms with van der Waals surface area (Å²) < 4.78 is 5.15. The van der Waals surface area contributed by atoms with Crippen molar-refractivity contribution in [3.63, 3.8) is 0 Å². The Morgan fingerprint density at radius 1 is 1.47 bits per heavy atom. The van der Waals surface area contributed by atoms with E-state index in [2.05, 4.69) is 0 Å². The summed E-state index contributed by atoms with van der Waals surface area (Å²) in [5.41, 5.74) is 1.06. The molecule has 80 valence electrons. The molecular formula is C12H15NO2. The summed E-state index contributed by atoms with van der Waals surface area (Å²) in [6.07, 6.45) is 3.04. The number of carbonyl (C=O) groups excluding carboxylic acids is 1. The highest BCUT2D eigenvalue weighted by Gasteiger charge is 2.07. The molecule has 0 spiro atoms. The molecule has 1 aromatic carbocycles. The van der Waals surface area contributed by atoms with Gasteiger partial charge in [0.25, 0.3) is 0 Å². The summed E-state index contributed by atoms with van der Waals surface area (Å²) >= 11 is 0. The first-order chi connectivity index (χ1) is 7.13. The van der Waals surface area contributed by atoms with E-state index in [1.165, 1.54) is 4.90 Å². The van der Waals surface area contributed by atoms with Gasteiger partial charge in [-0.15, -0.1) is 0 Å². The van der Waals surface area contributed by atoms with E-state index in [0.29, 0.717) is 5.75 Å². The fourth-order valence-corrected chi connectivity index (χ4v) is 1.14. The fourth-order valence-electron chi connectivity index (χ4n) is 1.14. The van der Waals surface area contributed by atoms with E-state index in [1.807, 2.05) is 32.0 Å². The van der Waals surface area contributed by atoms with Crippen LogP contribution in [-0.4, -0.2) is 18.0 Å². The molecule has 1 amide bonds. The number of hydrogen-bond donors (Lipinski definition) is 0. The molecule has 1 aromatic rings. The van der Waals surface area contributed by atoms with Crippen LogP contribution < -0.4 is 4.74 Å². The van der Waals surface area contributed by atoms with Crippen molar-refractivity contribution in [3.05, 3.63) is 42.1 Å². The van der Waals surface area contributed by atoms with Crippen molar-refractivity contribution < 1.29 is 9.53 Å². The Labute approximate surface area is 90.0 Å². The average molecular weight is 205 g/mol. The average Bonchev–Trinajstić information content (AvgIpc) is 2.18. The van der Waals surface area contributed by atoms with Crippen molar-refractivity contribution in [1.29, 1.82) is 0 Å². The number of rotatable bonds is 2. The van der Waals surface area contributed by atoms with Gasteiger partial charge in [0, 0.05) is 13.2 Å². The molecule has 3 nitrogen and oxygen atoms in total. The predicted octanol–water partition coefficient (Wildman–Crippen LogP) is 2.96. The summed E-state index contributed by atoms with van der Waals surface area (Å²) in [5.74, 6) is 0.566. The van der Waals surface area contributed by atoms with Gasteiger partial charge in [-0.1, -0.05) is 18.2 Å². The molecule has 0 radical (unpaired) electrons. The van der Waals surface area contributed by atoms with Crippen LogP contribution in [0.3, 0.4) is 0 Å². The highest BCUT2D eigenvalue weighted by atomic mass is 16.6. The summed E-state index contributed by atoms with van der Waals surface area (Å²) in [4.78, 5) is 12.9. The van der Waals surface area contributed by atoms with Gasteiger partial charge >= 0.3 is 6.09 Å². The topological polar surface area (TPSA) is 29.5 Å². The van der Waals surface area contributed by atoms with Crippen molar-refractivity contribution in [3.8, 4) is 5.75 Å². The van der Waals surface area contributed by atoms with Crippen LogP contribution in [0.5, 0.6) is 5.75 Å². The molecule has 0 saturated heterocycles. The van der Waals surface area contributed by atoms with Gasteiger partial charge in [-0.2, -0.15) is 0 Å². The molecule has 3 heteroatoms. The number of benzene rings is 1. The summed E-state index contributed by atoms with van der Waals surface area (Å²) in [6.45, 7) is 3.80. The van der Waals surface area contributed by atoms with Gasteiger partial charge in [0.1, 0.15) is 5.75 Å². The predicted molar refractivity (Wildman–Crippen MR) is 59.8 cm³/mol. The highest BCUT2D eigenvalue weighted by molar-refractivity contribution is 5.71. The van der Waals surface area contributed by atoms with Crippen molar-refractivity contribution in [2.45, 2.75) is 13.8 Å². The van der Waals surface area contributed by atoms with Crippen LogP contribution >= 0.6 is 0 Å². The molecule has 1 rings (SSSR count). The van der Waals surface area contributed by atoms with Crippen LogP contribution in [0, 0.1) is 6.92 Å². The zero-order valence-corrected chi connectivity index (χ0v) is 9.23. The van der Waals surface area contributed by atoms with Gasteiger partial charge in [-0.05, 0) is 31.5 Å². The van der Waals surface area contributed by atoms with Crippen LogP contribution in [-0.2, 0) is 0 Å². The van der Waals surface area contributed by atoms with E-state index in [9.17, 15) is 4.79 Å². The van der Waals surface area contributed by atoms with E-state index in [0.717, 1.165) is 5.56 Å². The maximum atomic E-state index is 11.5. The SMILES string of the molecule is C/C=C/N(C)C(=O)Oc1cccc(C)c1. The minimum Gasteiger partial charge on any atom is -0.410 e. The number of allylic oxidation sites excluding steroid dienone is 1. The van der Waals surface area contributed by atoms with Crippen LogP contribution in [0.4, 0.5) is 4.79 Å². The van der Waals surface area contributed by atoms with E-state index in [4.69, 9.17) is 4.74 Å². The monoisotopic (exact) mass is 205 g/mol. The normalized spacial score (nSPS) is 10.3. The van der Waals surface area contributed by atoms with Gasteiger partial charge < -0.3 is 4.74 Å². The van der Waals surface area contributed by atoms with Crippen LogP contribution in [0.1, 0.15) is 12.5 Å². The van der Waals surface area contributed by atoms with E-state index in [-0.39, 0.29) is 0 Å². The molecule has 0 aliphatic rings. The quantitative estimate of drug-likeness (QED) is 0.742. The Morgan fingerprint density at radius 2 is 2.20 bits per heavy atom. The molecule has 0 saturated carbocycles. The first kappa shape index (κ1) is 11.3. The molecule has 0 aliphatic heterocycles. The summed E-state index contributed by atoms with van der Waals surface area (Å²) in [7, 11) is 1.65. The largest absolute Gasteiger partial charge is 0.418 e. The first-order valence-corrected chi connectivity index (χ1v) is 4.77. The molecule has 0 N–H and O–H groups in total. The third kappa shape index (κ3) is 3.46. The van der Waals surface area contributed by atoms with E-state index in [1.54, 1.807) is 25.4 Å². The van der Waals surface area contributed by atoms with Crippen LogP contribution in [0.2, 0.25) is 0 Å². The highest BCUT2D eigenvalue weighted by Crippen LogP contribution is 2.13. The molecule has 0 bridgehead atoms. The van der Waals surface area contributed by atoms with Gasteiger partial charge in [0.15, 0.2) is 0 Å². The Balaban J connectivity index is 2.66. The minimum atomic E-state index is -0.390. The molecule has 0 fully saturated rings. The van der Waals surface area contributed by atoms with Crippen molar-refractivity contribution >= 4 is 6.09 Å². The number of nitrogens with zero attached hydrogens (tertiary/aromatic N) is 1. The Bertz CT molecular complexity index is 372. The number of carbonyl (C=O) groups is 1. The summed E-state index contributed by atoms with van der Waals surface area (Å²) in [6, 6.07) is 7.39. The number of hydrogen-bond acceptors (Lipinski definition) is 2. The smallest absolute Gasteiger partial charge is 0.410 e. The third-order valence-corrected chi connectivity index (χ3v) is 1.86. The minimum absolute atomic E-state index is 0.390. The number of amides is 1. The van der Waals surface area contributed by atoms with Crippen LogP contribution in [0.25, 0.3) is 0 Å². The lowest BCUT2D eigenvalue weighted by Crippen LogP contribution is -2.24. The molecule has 0 unspecified atom stereocenters. The lowest BCUT2D eigenvalue weighted by Gasteiger charge is -2.11. The molecule has 0 heterocycles. The van der Waals surface area contributed by atoms with Gasteiger partial charge in [0.2, 0.25) is 0 Å². The van der Waals surface area contributed by atoms with Gasteiger partial charge in [-0.25, -0.2) is 4.79 Å². The lowest BCUT2D eigenvalue weighted by atomic mass is 10.2. The Morgan fingerprint density at radius 3 is 2.80 bits per heavy atom. The van der Waals surface area contributed by atoms with Gasteiger partial charge in [-0.3, -0.25) is 4.90 Å². The molecular weight excluding hydrogens is 190 g/mol. The van der Waals surface area contributed by atoms with E-state index < -0.39 is 6.09 Å². The standard InChI is InChI=1S/C12H15NO2/c1-4-8-13(3)12(14)15-11-7-5-6-10(2)9-11/h4-9H,1-3H3/b8-4+. The Hall–Kier alpha value is -1.77. The second-order valence-electron chi connectivity index (χ2n) is 3.28. The molecule has 0 aromatic heterocycles. The zero-order chi connectivity index (χ0) is 11.3. The first-order valence-electron chi connectivity index (χ1n) is 4.77. The molecule has 15 heavy (non-hydrogen) atoms. The molecule has 0 atom stereocenters. The number of aryl methyl sites for hydroxylation is 1. The number of ether oxygens (including phenoxy) is 1. The second kappa shape index (κ2) is 5.20. The molecule has 0 aliphatic carbocycles. The van der Waals surface area contributed by atoms with Crippen LogP contribution in [0.15, 0.2) is 36.5 Å². The third-order valence-electron chi connectivity index (χ3n) is 1.86. The summed E-state index contributed by atoms with van der Waals surface area (Å²) in [5, 5.41) is 0. The maximum absolute atomic E-state index is 11.5. The lowest BCUT2D eigenvalue weighted by molar-refractivity contribution is 0.177. The zero-order valence-electron chi connectivity index (χ0n) is 9.23. The van der Waals surface area contributed by atoms with Crippen molar-refractivity contribution in [1.82, 2.24) is 4.90 Å².